The van der Waals surface area contributed by atoms with Gasteiger partial charge in [-0.25, -0.2) is 0 Å². The van der Waals surface area contributed by atoms with Gasteiger partial charge in [-0.1, -0.05) is 6.92 Å². The number of nitrogens with two attached hydrogens (primary N) is 1. The molecule has 2 heteroatoms. The summed E-state index contributed by atoms with van der Waals surface area (Å²) in [6.45, 7) is 5.14. The normalized spacial score (nSPS) is 37.8. The molecule has 1 aliphatic carbocycles. The zero-order chi connectivity index (χ0) is 8.97. The Bertz CT molecular complexity index is 127. The van der Waals surface area contributed by atoms with Gasteiger partial charge in [0.25, 0.3) is 0 Å². The highest BCUT2D eigenvalue weighted by Gasteiger charge is 2.22. The molecule has 3 unspecified atom stereocenters. The van der Waals surface area contributed by atoms with Gasteiger partial charge in [-0.05, 0) is 38.5 Å². The van der Waals surface area contributed by atoms with Gasteiger partial charge in [0.2, 0.25) is 0 Å². The second kappa shape index (κ2) is 4.83. The predicted molar refractivity (Wildman–Crippen MR) is 51.0 cm³/mol. The number of ether oxygens (including phenoxy) is 1. The zero-order valence-corrected chi connectivity index (χ0v) is 8.25. The summed E-state index contributed by atoms with van der Waals surface area (Å²) in [6, 6.07) is 0.399. The summed E-state index contributed by atoms with van der Waals surface area (Å²) in [6.07, 6.45) is 5.22. The summed E-state index contributed by atoms with van der Waals surface area (Å²) in [7, 11) is 0. The second-order valence-electron chi connectivity index (χ2n) is 3.89. The molecule has 0 amide bonds. The summed E-state index contributed by atoms with van der Waals surface area (Å²) >= 11 is 0. The average molecular weight is 171 g/mol. The molecule has 1 saturated carbocycles. The molecule has 0 aliphatic heterocycles. The summed E-state index contributed by atoms with van der Waals surface area (Å²) in [4.78, 5) is 0. The van der Waals surface area contributed by atoms with Gasteiger partial charge in [0.15, 0.2) is 0 Å². The number of hydrogen-bond acceptors (Lipinski definition) is 2. The first-order valence-electron chi connectivity index (χ1n) is 5.11. The molecule has 2 N–H and O–H groups in total. The molecular formula is C10H21NO. The highest BCUT2D eigenvalue weighted by atomic mass is 16.5. The lowest BCUT2D eigenvalue weighted by molar-refractivity contribution is 0.0444. The van der Waals surface area contributed by atoms with E-state index in [1.165, 1.54) is 19.3 Å². The lowest BCUT2D eigenvalue weighted by Crippen LogP contribution is -2.28. The SMILES string of the molecule is CCOC1CCCC(N)C(C)C1. The third-order valence-corrected chi connectivity index (χ3v) is 2.83. The maximum absolute atomic E-state index is 5.98. The first kappa shape index (κ1) is 10.0. The molecule has 0 spiro atoms. The van der Waals surface area contributed by atoms with Gasteiger partial charge >= 0.3 is 0 Å². The molecular weight excluding hydrogens is 150 g/mol. The van der Waals surface area contributed by atoms with Crippen molar-refractivity contribution in [1.82, 2.24) is 0 Å². The molecule has 1 aliphatic rings. The fourth-order valence-corrected chi connectivity index (χ4v) is 1.96. The van der Waals surface area contributed by atoms with Crippen LogP contribution in [0, 0.1) is 5.92 Å². The molecule has 0 radical (unpaired) electrons. The van der Waals surface area contributed by atoms with Crippen molar-refractivity contribution in [3.63, 3.8) is 0 Å². The van der Waals surface area contributed by atoms with Crippen molar-refractivity contribution in [2.75, 3.05) is 6.61 Å². The van der Waals surface area contributed by atoms with Crippen molar-refractivity contribution < 1.29 is 4.74 Å². The lowest BCUT2D eigenvalue weighted by Gasteiger charge is -2.19. The number of hydrogen-bond donors (Lipinski definition) is 1. The Labute approximate surface area is 75.5 Å². The number of rotatable bonds is 2. The van der Waals surface area contributed by atoms with E-state index in [-0.39, 0.29) is 0 Å². The van der Waals surface area contributed by atoms with Crippen LogP contribution in [0.4, 0.5) is 0 Å². The van der Waals surface area contributed by atoms with Crippen LogP contribution in [0.3, 0.4) is 0 Å². The van der Waals surface area contributed by atoms with Crippen LogP contribution in [-0.4, -0.2) is 18.8 Å². The van der Waals surface area contributed by atoms with E-state index in [9.17, 15) is 0 Å². The molecule has 0 heterocycles. The van der Waals surface area contributed by atoms with E-state index in [1.807, 2.05) is 0 Å². The predicted octanol–water partition coefficient (Wildman–Crippen LogP) is 1.93. The Morgan fingerprint density at radius 1 is 1.42 bits per heavy atom. The Morgan fingerprint density at radius 3 is 2.83 bits per heavy atom. The van der Waals surface area contributed by atoms with E-state index in [0.717, 1.165) is 13.0 Å². The van der Waals surface area contributed by atoms with Gasteiger partial charge in [-0.3, -0.25) is 0 Å². The summed E-state index contributed by atoms with van der Waals surface area (Å²) in [5.41, 5.74) is 5.98. The van der Waals surface area contributed by atoms with Crippen molar-refractivity contribution >= 4 is 0 Å². The van der Waals surface area contributed by atoms with E-state index in [1.54, 1.807) is 0 Å². The van der Waals surface area contributed by atoms with E-state index in [4.69, 9.17) is 10.5 Å². The third kappa shape index (κ3) is 2.76. The zero-order valence-electron chi connectivity index (χ0n) is 8.25. The highest BCUT2D eigenvalue weighted by molar-refractivity contribution is 4.77. The van der Waals surface area contributed by atoms with Crippen LogP contribution in [0.5, 0.6) is 0 Å². The van der Waals surface area contributed by atoms with Crippen LogP contribution in [-0.2, 0) is 4.74 Å². The smallest absolute Gasteiger partial charge is 0.0578 e. The van der Waals surface area contributed by atoms with Gasteiger partial charge in [-0.2, -0.15) is 0 Å². The molecule has 1 fully saturated rings. The molecule has 1 rings (SSSR count). The summed E-state index contributed by atoms with van der Waals surface area (Å²) in [5, 5.41) is 0. The largest absolute Gasteiger partial charge is 0.378 e. The van der Waals surface area contributed by atoms with Crippen LogP contribution in [0.15, 0.2) is 0 Å². The topological polar surface area (TPSA) is 35.2 Å². The highest BCUT2D eigenvalue weighted by Crippen LogP contribution is 2.23. The van der Waals surface area contributed by atoms with Crippen LogP contribution in [0.2, 0.25) is 0 Å². The standard InChI is InChI=1S/C10H21NO/c1-3-12-9-5-4-6-10(11)8(2)7-9/h8-10H,3-7,11H2,1-2H3. The van der Waals surface area contributed by atoms with Crippen molar-refractivity contribution in [2.45, 2.75) is 51.7 Å². The molecule has 0 aromatic heterocycles. The fraction of sp³-hybridized carbons (Fsp3) is 1.00. The molecule has 12 heavy (non-hydrogen) atoms. The summed E-state index contributed by atoms with van der Waals surface area (Å²) in [5.74, 6) is 0.629. The van der Waals surface area contributed by atoms with Crippen molar-refractivity contribution in [1.29, 1.82) is 0 Å². The van der Waals surface area contributed by atoms with Crippen molar-refractivity contribution in [3.05, 3.63) is 0 Å². The maximum atomic E-state index is 5.98. The average Bonchev–Trinajstić information content (AvgIpc) is 2.16. The van der Waals surface area contributed by atoms with Crippen molar-refractivity contribution in [2.24, 2.45) is 11.7 Å². The Hall–Kier alpha value is -0.0800. The Balaban J connectivity index is 2.37. The molecule has 3 atom stereocenters. The summed E-state index contributed by atoms with van der Waals surface area (Å²) < 4.78 is 5.63. The Kier molecular flexibility index (Phi) is 4.02. The van der Waals surface area contributed by atoms with Gasteiger partial charge < -0.3 is 10.5 Å². The van der Waals surface area contributed by atoms with Gasteiger partial charge in [0, 0.05) is 12.6 Å². The second-order valence-corrected chi connectivity index (χ2v) is 3.89. The molecule has 0 saturated heterocycles. The van der Waals surface area contributed by atoms with Gasteiger partial charge in [-0.15, -0.1) is 0 Å². The van der Waals surface area contributed by atoms with E-state index < -0.39 is 0 Å². The lowest BCUT2D eigenvalue weighted by atomic mass is 9.97. The van der Waals surface area contributed by atoms with Crippen LogP contribution < -0.4 is 5.73 Å². The van der Waals surface area contributed by atoms with Gasteiger partial charge in [0.1, 0.15) is 0 Å². The van der Waals surface area contributed by atoms with E-state index in [0.29, 0.717) is 18.1 Å². The first-order chi connectivity index (χ1) is 5.74. The van der Waals surface area contributed by atoms with Crippen LogP contribution >= 0.6 is 0 Å². The molecule has 2 nitrogen and oxygen atoms in total. The first-order valence-corrected chi connectivity index (χ1v) is 5.11. The molecule has 0 aromatic carbocycles. The van der Waals surface area contributed by atoms with Crippen LogP contribution in [0.25, 0.3) is 0 Å². The minimum atomic E-state index is 0.399. The molecule has 72 valence electrons. The fourth-order valence-electron chi connectivity index (χ4n) is 1.96. The van der Waals surface area contributed by atoms with Crippen LogP contribution in [0.1, 0.15) is 39.5 Å². The van der Waals surface area contributed by atoms with E-state index >= 15 is 0 Å². The quantitative estimate of drug-likeness (QED) is 0.644. The molecule has 0 bridgehead atoms. The third-order valence-electron chi connectivity index (χ3n) is 2.83. The Morgan fingerprint density at radius 2 is 2.17 bits per heavy atom. The van der Waals surface area contributed by atoms with Gasteiger partial charge in [0.05, 0.1) is 6.10 Å². The van der Waals surface area contributed by atoms with Crippen molar-refractivity contribution in [3.8, 4) is 0 Å². The maximum Gasteiger partial charge on any atom is 0.0578 e. The molecule has 0 aromatic rings. The van der Waals surface area contributed by atoms with E-state index in [2.05, 4.69) is 13.8 Å². The minimum absolute atomic E-state index is 0.399. The minimum Gasteiger partial charge on any atom is -0.378 e. The monoisotopic (exact) mass is 171 g/mol.